The van der Waals surface area contributed by atoms with Crippen LogP contribution in [0.25, 0.3) is 0 Å². The number of likely N-dealkylation sites (N-methyl/N-ethyl adjacent to an activating group) is 1. The van der Waals surface area contributed by atoms with Gasteiger partial charge in [-0.1, -0.05) is 23.2 Å². The number of methoxy groups -OCH3 is 2. The molecule has 0 bridgehead atoms. The van der Waals surface area contributed by atoms with E-state index < -0.39 is 0 Å². The maximum atomic E-state index is 12.6. The van der Waals surface area contributed by atoms with E-state index in [0.29, 0.717) is 22.2 Å². The van der Waals surface area contributed by atoms with Crippen LogP contribution in [0.3, 0.4) is 0 Å². The summed E-state index contributed by atoms with van der Waals surface area (Å²) in [7, 11) is 4.43. The van der Waals surface area contributed by atoms with Crippen molar-refractivity contribution in [3.05, 3.63) is 52.0 Å². The lowest BCUT2D eigenvalue weighted by atomic mass is 10.1. The summed E-state index contributed by atoms with van der Waals surface area (Å²) >= 11 is 11.9. The Hall–Kier alpha value is -2.44. The molecule has 0 saturated heterocycles. The summed E-state index contributed by atoms with van der Waals surface area (Å²) in [6, 6.07) is 9.67. The molecule has 1 N–H and O–H groups in total. The normalized spacial score (nSPS) is 10.2. The maximum Gasteiger partial charge on any atom is 0.254 e. The van der Waals surface area contributed by atoms with E-state index in [0.717, 1.165) is 0 Å². The van der Waals surface area contributed by atoms with Crippen LogP contribution in [0.2, 0.25) is 10.0 Å². The fourth-order valence-electron chi connectivity index (χ4n) is 2.28. The summed E-state index contributed by atoms with van der Waals surface area (Å²) in [6.07, 6.45) is 0. The van der Waals surface area contributed by atoms with E-state index in [2.05, 4.69) is 5.32 Å². The summed E-state index contributed by atoms with van der Waals surface area (Å²) in [5.74, 6) is -0.0370. The van der Waals surface area contributed by atoms with Crippen molar-refractivity contribution in [1.82, 2.24) is 4.90 Å². The summed E-state index contributed by atoms with van der Waals surface area (Å²) in [6.45, 7) is -0.132. The number of halogens is 2. The van der Waals surface area contributed by atoms with Crippen molar-refractivity contribution in [1.29, 1.82) is 0 Å². The van der Waals surface area contributed by atoms with Crippen molar-refractivity contribution in [3.8, 4) is 11.5 Å². The third kappa shape index (κ3) is 4.80. The quantitative estimate of drug-likeness (QED) is 0.807. The number of hydrogen-bond acceptors (Lipinski definition) is 4. The van der Waals surface area contributed by atoms with Crippen molar-refractivity contribution >= 4 is 40.7 Å². The number of anilines is 1. The standard InChI is InChI=1S/C18H18Cl2N2O4/c1-22(10-16(23)21-13-6-4-12(19)5-7-13)18(24)11-8-14(20)17(26-3)15(9-11)25-2/h4-9H,10H2,1-3H3,(H,21,23). The van der Waals surface area contributed by atoms with Crippen LogP contribution in [0.4, 0.5) is 5.69 Å². The van der Waals surface area contributed by atoms with E-state index in [1.165, 1.54) is 38.3 Å². The molecule has 0 aliphatic rings. The van der Waals surface area contributed by atoms with Gasteiger partial charge >= 0.3 is 0 Å². The van der Waals surface area contributed by atoms with Gasteiger partial charge in [-0.2, -0.15) is 0 Å². The molecule has 0 aliphatic heterocycles. The number of ether oxygens (including phenoxy) is 2. The van der Waals surface area contributed by atoms with Crippen LogP contribution < -0.4 is 14.8 Å². The second kappa shape index (κ2) is 8.78. The second-order valence-corrected chi connectivity index (χ2v) is 6.25. The molecule has 26 heavy (non-hydrogen) atoms. The van der Waals surface area contributed by atoms with E-state index in [9.17, 15) is 9.59 Å². The fraction of sp³-hybridized carbons (Fsp3) is 0.222. The first-order valence-electron chi connectivity index (χ1n) is 7.58. The molecule has 0 fully saturated rings. The van der Waals surface area contributed by atoms with Crippen LogP contribution in [0.1, 0.15) is 10.4 Å². The van der Waals surface area contributed by atoms with E-state index >= 15 is 0 Å². The first kappa shape index (κ1) is 19.9. The molecule has 0 saturated carbocycles. The van der Waals surface area contributed by atoms with Gasteiger partial charge in [-0.05, 0) is 36.4 Å². The van der Waals surface area contributed by atoms with Crippen LogP contribution >= 0.6 is 23.2 Å². The highest BCUT2D eigenvalue weighted by atomic mass is 35.5. The van der Waals surface area contributed by atoms with E-state index in [1.54, 1.807) is 24.3 Å². The van der Waals surface area contributed by atoms with Gasteiger partial charge in [0.1, 0.15) is 0 Å². The van der Waals surface area contributed by atoms with Crippen molar-refractivity contribution in [2.45, 2.75) is 0 Å². The Morgan fingerprint density at radius 3 is 2.31 bits per heavy atom. The van der Waals surface area contributed by atoms with Gasteiger partial charge in [0.25, 0.3) is 5.91 Å². The molecule has 2 amide bonds. The summed E-state index contributed by atoms with van der Waals surface area (Å²) < 4.78 is 10.3. The number of rotatable bonds is 6. The first-order valence-corrected chi connectivity index (χ1v) is 8.33. The molecule has 2 aromatic rings. The lowest BCUT2D eigenvalue weighted by molar-refractivity contribution is -0.116. The van der Waals surface area contributed by atoms with Crippen LogP contribution in [0, 0.1) is 0 Å². The minimum Gasteiger partial charge on any atom is -0.493 e. The zero-order chi connectivity index (χ0) is 19.3. The third-order valence-electron chi connectivity index (χ3n) is 3.54. The largest absolute Gasteiger partial charge is 0.493 e. The molecule has 0 unspecified atom stereocenters. The van der Waals surface area contributed by atoms with E-state index in [4.69, 9.17) is 32.7 Å². The second-order valence-electron chi connectivity index (χ2n) is 5.41. The average molecular weight is 397 g/mol. The Balaban J connectivity index is 2.08. The molecule has 2 aromatic carbocycles. The minimum absolute atomic E-state index is 0.132. The highest BCUT2D eigenvalue weighted by molar-refractivity contribution is 6.32. The predicted molar refractivity (Wildman–Crippen MR) is 102 cm³/mol. The zero-order valence-corrected chi connectivity index (χ0v) is 16.0. The van der Waals surface area contributed by atoms with E-state index in [-0.39, 0.29) is 28.9 Å². The van der Waals surface area contributed by atoms with Gasteiger partial charge in [-0.3, -0.25) is 9.59 Å². The Morgan fingerprint density at radius 1 is 1.08 bits per heavy atom. The third-order valence-corrected chi connectivity index (χ3v) is 4.07. The predicted octanol–water partition coefficient (Wildman–Crippen LogP) is 3.72. The van der Waals surface area contributed by atoms with Crippen LogP contribution in [0.5, 0.6) is 11.5 Å². The number of nitrogens with one attached hydrogen (secondary N) is 1. The van der Waals surface area contributed by atoms with E-state index in [1.807, 2.05) is 0 Å². The van der Waals surface area contributed by atoms with Crippen molar-refractivity contribution in [2.24, 2.45) is 0 Å². The number of amides is 2. The Bertz CT molecular complexity index is 810. The van der Waals surface area contributed by atoms with Crippen LogP contribution in [0.15, 0.2) is 36.4 Å². The minimum atomic E-state index is -0.376. The van der Waals surface area contributed by atoms with Gasteiger partial charge in [0.15, 0.2) is 11.5 Å². The number of carbonyl (C=O) groups is 2. The molecular weight excluding hydrogens is 379 g/mol. The number of hydrogen-bond donors (Lipinski definition) is 1. The maximum absolute atomic E-state index is 12.6. The van der Waals surface area contributed by atoms with Gasteiger partial charge < -0.3 is 19.7 Å². The smallest absolute Gasteiger partial charge is 0.254 e. The van der Waals surface area contributed by atoms with Crippen molar-refractivity contribution in [3.63, 3.8) is 0 Å². The monoisotopic (exact) mass is 396 g/mol. The van der Waals surface area contributed by atoms with Crippen molar-refractivity contribution < 1.29 is 19.1 Å². The molecule has 138 valence electrons. The van der Waals surface area contributed by atoms with Gasteiger partial charge in [-0.15, -0.1) is 0 Å². The number of carbonyl (C=O) groups excluding carboxylic acids is 2. The molecule has 0 heterocycles. The Morgan fingerprint density at radius 2 is 1.73 bits per heavy atom. The molecule has 0 radical (unpaired) electrons. The average Bonchev–Trinajstić information content (AvgIpc) is 2.62. The lowest BCUT2D eigenvalue weighted by Crippen LogP contribution is -2.34. The summed E-state index contributed by atoms with van der Waals surface area (Å²) in [5.41, 5.74) is 0.879. The Kier molecular flexibility index (Phi) is 6.71. The molecular formula is C18H18Cl2N2O4. The van der Waals surface area contributed by atoms with Crippen molar-refractivity contribution in [2.75, 3.05) is 33.1 Å². The summed E-state index contributed by atoms with van der Waals surface area (Å²) in [5, 5.41) is 3.51. The fourth-order valence-corrected chi connectivity index (χ4v) is 2.70. The lowest BCUT2D eigenvalue weighted by Gasteiger charge is -2.18. The topological polar surface area (TPSA) is 67.9 Å². The van der Waals surface area contributed by atoms with Gasteiger partial charge in [-0.25, -0.2) is 0 Å². The molecule has 0 aromatic heterocycles. The van der Waals surface area contributed by atoms with Gasteiger partial charge in [0, 0.05) is 23.3 Å². The van der Waals surface area contributed by atoms with Gasteiger partial charge in [0.05, 0.1) is 25.8 Å². The summed E-state index contributed by atoms with van der Waals surface area (Å²) in [4.78, 5) is 26.0. The molecule has 0 aliphatic carbocycles. The molecule has 0 atom stereocenters. The first-order chi connectivity index (χ1) is 12.3. The highest BCUT2D eigenvalue weighted by Crippen LogP contribution is 2.36. The SMILES string of the molecule is COc1cc(C(=O)N(C)CC(=O)Nc2ccc(Cl)cc2)cc(Cl)c1OC. The highest BCUT2D eigenvalue weighted by Gasteiger charge is 2.19. The molecule has 8 heteroatoms. The molecule has 0 spiro atoms. The molecule has 2 rings (SSSR count). The zero-order valence-electron chi connectivity index (χ0n) is 14.5. The van der Waals surface area contributed by atoms with Crippen LogP contribution in [-0.2, 0) is 4.79 Å². The van der Waals surface area contributed by atoms with Gasteiger partial charge in [0.2, 0.25) is 5.91 Å². The molecule has 6 nitrogen and oxygen atoms in total. The van der Waals surface area contributed by atoms with Crippen LogP contribution in [-0.4, -0.2) is 44.5 Å². The number of benzene rings is 2. The number of nitrogens with zero attached hydrogens (tertiary/aromatic N) is 1. The Labute approximate surface area is 161 Å².